The lowest BCUT2D eigenvalue weighted by Gasteiger charge is -2.14. The van der Waals surface area contributed by atoms with Gasteiger partial charge in [-0.15, -0.1) is 12.4 Å². The number of nitrogens with two attached hydrogens (primary N) is 1. The van der Waals surface area contributed by atoms with Crippen LogP contribution in [-0.4, -0.2) is 16.8 Å². The molecule has 0 unspecified atom stereocenters. The monoisotopic (exact) mass is 469 g/mol. The summed E-state index contributed by atoms with van der Waals surface area (Å²) in [4.78, 5) is 0. The number of phenolic OH excluding ortho intramolecular Hbond substituents is 1. The Hall–Kier alpha value is 0.690. The van der Waals surface area contributed by atoms with Crippen LogP contribution in [0.25, 0.3) is 0 Å². The molecule has 0 aliphatic heterocycles. The van der Waals surface area contributed by atoms with Crippen molar-refractivity contribution in [1.29, 1.82) is 0 Å². The molecule has 0 saturated heterocycles. The Kier molecular flexibility index (Phi) is 8.25. The SMILES string of the molecule is Cl.N[C@H](CCCO)c1cc(I)cc(I)c1O. The fraction of sp³-hybridized carbons (Fsp3) is 0.400. The van der Waals surface area contributed by atoms with Crippen LogP contribution < -0.4 is 5.73 Å². The van der Waals surface area contributed by atoms with Gasteiger partial charge in [0.2, 0.25) is 0 Å². The van der Waals surface area contributed by atoms with Gasteiger partial charge in [0.05, 0.1) is 3.57 Å². The Balaban J connectivity index is 0.00000225. The third-order valence-corrected chi connectivity index (χ3v) is 3.58. The van der Waals surface area contributed by atoms with Gasteiger partial charge >= 0.3 is 0 Å². The quantitative estimate of drug-likeness (QED) is 0.595. The van der Waals surface area contributed by atoms with Crippen LogP contribution in [0.3, 0.4) is 0 Å². The minimum absolute atomic E-state index is 0. The summed E-state index contributed by atoms with van der Waals surface area (Å²) in [6, 6.07) is 3.58. The average Bonchev–Trinajstić information content (AvgIpc) is 2.19. The lowest BCUT2D eigenvalue weighted by atomic mass is 10.0. The largest absolute Gasteiger partial charge is 0.506 e. The maximum Gasteiger partial charge on any atom is 0.133 e. The zero-order valence-corrected chi connectivity index (χ0v) is 13.6. The zero-order chi connectivity index (χ0) is 11.4. The van der Waals surface area contributed by atoms with E-state index >= 15 is 0 Å². The molecule has 1 aromatic rings. The third kappa shape index (κ3) is 4.52. The molecule has 16 heavy (non-hydrogen) atoms. The first kappa shape index (κ1) is 16.7. The molecular formula is C10H14ClI2NO2. The van der Waals surface area contributed by atoms with Gasteiger partial charge in [0, 0.05) is 21.8 Å². The van der Waals surface area contributed by atoms with E-state index in [9.17, 15) is 5.11 Å². The molecule has 3 nitrogen and oxygen atoms in total. The van der Waals surface area contributed by atoms with Gasteiger partial charge in [0.1, 0.15) is 5.75 Å². The van der Waals surface area contributed by atoms with E-state index in [0.29, 0.717) is 12.8 Å². The van der Waals surface area contributed by atoms with Crippen molar-refractivity contribution < 1.29 is 10.2 Å². The number of hydrogen-bond acceptors (Lipinski definition) is 3. The molecule has 1 aromatic carbocycles. The molecule has 0 spiro atoms. The molecule has 0 aliphatic carbocycles. The number of aromatic hydroxyl groups is 1. The Morgan fingerprint density at radius 3 is 2.50 bits per heavy atom. The van der Waals surface area contributed by atoms with E-state index in [1.807, 2.05) is 12.1 Å². The summed E-state index contributed by atoms with van der Waals surface area (Å²) >= 11 is 4.28. The van der Waals surface area contributed by atoms with Crippen LogP contribution in [-0.2, 0) is 0 Å². The molecule has 0 saturated carbocycles. The van der Waals surface area contributed by atoms with Crippen LogP contribution in [0, 0.1) is 7.14 Å². The predicted octanol–water partition coefficient (Wildman–Crippen LogP) is 2.80. The van der Waals surface area contributed by atoms with Crippen LogP contribution in [0.2, 0.25) is 0 Å². The fourth-order valence-electron chi connectivity index (χ4n) is 1.34. The van der Waals surface area contributed by atoms with Crippen molar-refractivity contribution in [2.45, 2.75) is 18.9 Å². The van der Waals surface area contributed by atoms with Crippen LogP contribution in [0.5, 0.6) is 5.75 Å². The first-order chi connectivity index (χ1) is 7.06. The van der Waals surface area contributed by atoms with Gasteiger partial charge in [0.25, 0.3) is 0 Å². The Labute approximate surface area is 128 Å². The van der Waals surface area contributed by atoms with E-state index in [1.165, 1.54) is 0 Å². The lowest BCUT2D eigenvalue weighted by molar-refractivity contribution is 0.279. The number of hydrogen-bond donors (Lipinski definition) is 3. The van der Waals surface area contributed by atoms with Gasteiger partial charge in [-0.05, 0) is 70.2 Å². The standard InChI is InChI=1S/C10H13I2NO2.ClH/c11-6-4-7(9(13)2-1-3-14)10(15)8(12)5-6;/h4-5,9,14-15H,1-3,13H2;1H/t9-;/m1./s1. The molecule has 0 amide bonds. The van der Waals surface area contributed by atoms with Crippen molar-refractivity contribution in [2.24, 2.45) is 5.73 Å². The van der Waals surface area contributed by atoms with Crippen LogP contribution >= 0.6 is 57.6 Å². The summed E-state index contributed by atoms with van der Waals surface area (Å²) < 4.78 is 1.87. The van der Waals surface area contributed by atoms with Crippen LogP contribution in [0.15, 0.2) is 12.1 Å². The van der Waals surface area contributed by atoms with Crippen molar-refractivity contribution in [3.63, 3.8) is 0 Å². The maximum absolute atomic E-state index is 9.84. The van der Waals surface area contributed by atoms with Gasteiger partial charge in [-0.25, -0.2) is 0 Å². The minimum atomic E-state index is -0.208. The smallest absolute Gasteiger partial charge is 0.133 e. The van der Waals surface area contributed by atoms with Gasteiger partial charge in [-0.3, -0.25) is 0 Å². The highest BCUT2D eigenvalue weighted by atomic mass is 127. The van der Waals surface area contributed by atoms with E-state index in [-0.39, 0.29) is 30.8 Å². The second-order valence-corrected chi connectivity index (χ2v) is 5.71. The second kappa shape index (κ2) is 7.91. The molecule has 0 aliphatic rings. The molecule has 1 atom stereocenters. The number of aliphatic hydroxyl groups excluding tert-OH is 1. The predicted molar refractivity (Wildman–Crippen MR) is 84.0 cm³/mol. The maximum atomic E-state index is 9.84. The van der Waals surface area contributed by atoms with Gasteiger partial charge in [-0.1, -0.05) is 0 Å². The Bertz CT molecular complexity index is 350. The summed E-state index contributed by atoms with van der Waals surface area (Å²) in [5, 5.41) is 18.6. The van der Waals surface area contributed by atoms with Crippen molar-refractivity contribution >= 4 is 57.6 Å². The molecule has 4 N–H and O–H groups in total. The topological polar surface area (TPSA) is 66.5 Å². The lowest BCUT2D eigenvalue weighted by Crippen LogP contribution is -2.11. The first-order valence-corrected chi connectivity index (χ1v) is 6.76. The number of phenols is 1. The second-order valence-electron chi connectivity index (χ2n) is 3.30. The van der Waals surface area contributed by atoms with Crippen LogP contribution in [0.1, 0.15) is 24.4 Å². The molecule has 6 heteroatoms. The molecule has 0 fully saturated rings. The minimum Gasteiger partial charge on any atom is -0.506 e. The Morgan fingerprint density at radius 2 is 1.94 bits per heavy atom. The molecule has 0 radical (unpaired) electrons. The summed E-state index contributed by atoms with van der Waals surface area (Å²) in [7, 11) is 0. The molecule has 92 valence electrons. The molecule has 0 heterocycles. The average molecular weight is 469 g/mol. The highest BCUT2D eigenvalue weighted by molar-refractivity contribution is 14.1. The molecular weight excluding hydrogens is 455 g/mol. The van der Waals surface area contributed by atoms with Crippen molar-refractivity contribution in [1.82, 2.24) is 0 Å². The van der Waals surface area contributed by atoms with Crippen molar-refractivity contribution in [3.8, 4) is 5.75 Å². The van der Waals surface area contributed by atoms with E-state index in [0.717, 1.165) is 12.7 Å². The highest BCUT2D eigenvalue weighted by Gasteiger charge is 2.13. The number of benzene rings is 1. The van der Waals surface area contributed by atoms with Gasteiger partial charge in [0.15, 0.2) is 0 Å². The summed E-state index contributed by atoms with van der Waals surface area (Å²) in [5.74, 6) is 0.265. The van der Waals surface area contributed by atoms with E-state index in [1.54, 1.807) is 0 Å². The number of rotatable bonds is 4. The summed E-state index contributed by atoms with van der Waals surface area (Å²) in [5.41, 5.74) is 6.71. The Morgan fingerprint density at radius 1 is 1.31 bits per heavy atom. The van der Waals surface area contributed by atoms with Gasteiger partial charge in [-0.2, -0.15) is 0 Å². The van der Waals surface area contributed by atoms with Gasteiger partial charge < -0.3 is 15.9 Å². The molecule has 0 aromatic heterocycles. The molecule has 1 rings (SSSR count). The fourth-order valence-corrected chi connectivity index (χ4v) is 3.22. The van der Waals surface area contributed by atoms with E-state index in [4.69, 9.17) is 10.8 Å². The van der Waals surface area contributed by atoms with Crippen molar-refractivity contribution in [2.75, 3.05) is 6.61 Å². The summed E-state index contributed by atoms with van der Waals surface area (Å²) in [6.45, 7) is 0.134. The number of aliphatic hydroxyl groups is 1. The zero-order valence-electron chi connectivity index (χ0n) is 8.49. The first-order valence-electron chi connectivity index (χ1n) is 4.60. The van der Waals surface area contributed by atoms with Crippen LogP contribution in [0.4, 0.5) is 0 Å². The normalized spacial score (nSPS) is 12.0. The molecule has 0 bridgehead atoms. The number of halogens is 3. The van der Waals surface area contributed by atoms with Crippen molar-refractivity contribution in [3.05, 3.63) is 24.8 Å². The third-order valence-electron chi connectivity index (χ3n) is 2.13. The van der Waals surface area contributed by atoms with E-state index < -0.39 is 0 Å². The van der Waals surface area contributed by atoms with E-state index in [2.05, 4.69) is 45.2 Å². The highest BCUT2D eigenvalue weighted by Crippen LogP contribution is 2.31. The summed E-state index contributed by atoms with van der Waals surface area (Å²) in [6.07, 6.45) is 1.34.